The first-order chi connectivity index (χ1) is 13.5. The van der Waals surface area contributed by atoms with Crippen molar-refractivity contribution in [1.29, 1.82) is 0 Å². The molecule has 2 N–H and O–H groups in total. The van der Waals surface area contributed by atoms with E-state index in [1.54, 1.807) is 36.4 Å². The molecule has 29 heavy (non-hydrogen) atoms. The Bertz CT molecular complexity index is 902. The van der Waals surface area contributed by atoms with Crippen LogP contribution in [0.15, 0.2) is 48.5 Å². The largest absolute Gasteiger partial charge is 0.507 e. The second-order valence-corrected chi connectivity index (χ2v) is 8.77. The highest BCUT2D eigenvalue weighted by Gasteiger charge is 2.46. The van der Waals surface area contributed by atoms with Crippen LogP contribution >= 0.6 is 0 Å². The predicted octanol–water partition coefficient (Wildman–Crippen LogP) is 4.84. The molecule has 1 saturated heterocycles. The number of aromatic hydroxyl groups is 1. The topological polar surface area (TPSA) is 87.1 Å². The summed E-state index contributed by atoms with van der Waals surface area (Å²) in [7, 11) is 0. The maximum atomic E-state index is 12.7. The standard InChI is InChI=1S/C23H27NO5/c1-22(2)13-17(29-21(27)28)14-23(3,4)24(22)16-10-11-18(19(25)12-16)20(26)15-8-6-5-7-9-15/h5-12,17,25H,13-14H2,1-4H3,(H,27,28). The summed E-state index contributed by atoms with van der Waals surface area (Å²) in [5, 5.41) is 19.6. The van der Waals surface area contributed by atoms with E-state index in [1.165, 1.54) is 0 Å². The lowest BCUT2D eigenvalue weighted by Crippen LogP contribution is -2.62. The lowest BCUT2D eigenvalue weighted by atomic mass is 9.77. The number of phenols is 1. The molecular weight excluding hydrogens is 370 g/mol. The number of carboxylic acid groups (broad SMARTS) is 1. The molecule has 0 saturated carbocycles. The van der Waals surface area contributed by atoms with Crippen molar-refractivity contribution in [2.45, 2.75) is 57.7 Å². The third-order valence-corrected chi connectivity index (χ3v) is 5.45. The van der Waals surface area contributed by atoms with Gasteiger partial charge in [-0.3, -0.25) is 4.79 Å². The maximum Gasteiger partial charge on any atom is 0.506 e. The number of ether oxygens (including phenoxy) is 1. The maximum absolute atomic E-state index is 12.7. The molecule has 0 bridgehead atoms. The first-order valence-corrected chi connectivity index (χ1v) is 9.64. The van der Waals surface area contributed by atoms with Crippen LogP contribution in [-0.4, -0.2) is 39.3 Å². The number of rotatable bonds is 4. The second kappa shape index (κ2) is 7.43. The van der Waals surface area contributed by atoms with Gasteiger partial charge in [-0.25, -0.2) is 4.79 Å². The normalized spacial score (nSPS) is 18.3. The summed E-state index contributed by atoms with van der Waals surface area (Å²) in [6.07, 6.45) is -0.625. The van der Waals surface area contributed by atoms with E-state index in [0.717, 1.165) is 5.69 Å². The van der Waals surface area contributed by atoms with E-state index in [2.05, 4.69) is 4.90 Å². The van der Waals surface area contributed by atoms with Crippen molar-refractivity contribution in [3.63, 3.8) is 0 Å². The van der Waals surface area contributed by atoms with Gasteiger partial charge in [-0.2, -0.15) is 0 Å². The Morgan fingerprint density at radius 2 is 1.59 bits per heavy atom. The van der Waals surface area contributed by atoms with E-state index in [0.29, 0.717) is 18.4 Å². The summed E-state index contributed by atoms with van der Waals surface area (Å²) >= 11 is 0. The molecule has 0 amide bonds. The zero-order chi connectivity index (χ0) is 21.4. The summed E-state index contributed by atoms with van der Waals surface area (Å²) in [5.41, 5.74) is 0.705. The Morgan fingerprint density at radius 3 is 2.10 bits per heavy atom. The van der Waals surface area contributed by atoms with E-state index < -0.39 is 23.3 Å². The third-order valence-electron chi connectivity index (χ3n) is 5.45. The Hall–Kier alpha value is -3.02. The Kier molecular flexibility index (Phi) is 5.30. The van der Waals surface area contributed by atoms with Crippen LogP contribution in [0.1, 0.15) is 56.5 Å². The molecule has 6 heteroatoms. The number of hydrogen-bond donors (Lipinski definition) is 2. The number of carbonyl (C=O) groups is 2. The van der Waals surface area contributed by atoms with Crippen molar-refractivity contribution < 1.29 is 24.5 Å². The molecule has 3 rings (SSSR count). The highest BCUT2D eigenvalue weighted by molar-refractivity contribution is 6.10. The zero-order valence-electron chi connectivity index (χ0n) is 17.2. The molecule has 0 unspecified atom stereocenters. The highest BCUT2D eigenvalue weighted by Crippen LogP contribution is 2.44. The minimum Gasteiger partial charge on any atom is -0.507 e. The van der Waals surface area contributed by atoms with Crippen molar-refractivity contribution >= 4 is 17.6 Å². The highest BCUT2D eigenvalue weighted by atomic mass is 16.7. The number of benzene rings is 2. The fourth-order valence-corrected chi connectivity index (χ4v) is 4.71. The van der Waals surface area contributed by atoms with Crippen LogP contribution < -0.4 is 4.90 Å². The molecule has 2 aromatic rings. The molecule has 0 atom stereocenters. The molecule has 0 spiro atoms. The van der Waals surface area contributed by atoms with Crippen molar-refractivity contribution in [2.24, 2.45) is 0 Å². The van der Waals surface area contributed by atoms with Gasteiger partial charge in [-0.15, -0.1) is 0 Å². The van der Waals surface area contributed by atoms with Gasteiger partial charge in [0.2, 0.25) is 0 Å². The molecule has 0 aliphatic carbocycles. The van der Waals surface area contributed by atoms with Crippen molar-refractivity contribution in [3.8, 4) is 5.75 Å². The molecule has 0 radical (unpaired) electrons. The van der Waals surface area contributed by atoms with Crippen LogP contribution in [0.2, 0.25) is 0 Å². The zero-order valence-corrected chi connectivity index (χ0v) is 17.2. The average molecular weight is 397 g/mol. The van der Waals surface area contributed by atoms with Gasteiger partial charge >= 0.3 is 6.16 Å². The van der Waals surface area contributed by atoms with Gasteiger partial charge in [0.1, 0.15) is 11.9 Å². The number of anilines is 1. The van der Waals surface area contributed by atoms with Gasteiger partial charge in [-0.1, -0.05) is 30.3 Å². The Labute approximate surface area is 170 Å². The molecule has 1 aliphatic rings. The lowest BCUT2D eigenvalue weighted by molar-refractivity contribution is 0.00893. The fourth-order valence-electron chi connectivity index (χ4n) is 4.71. The number of carbonyl (C=O) groups excluding carboxylic acids is 1. The van der Waals surface area contributed by atoms with Crippen molar-refractivity contribution in [1.82, 2.24) is 0 Å². The van der Waals surface area contributed by atoms with Crippen LogP contribution in [0.3, 0.4) is 0 Å². The van der Waals surface area contributed by atoms with Crippen LogP contribution in [0, 0.1) is 0 Å². The second-order valence-electron chi connectivity index (χ2n) is 8.77. The van der Waals surface area contributed by atoms with Crippen LogP contribution in [0.5, 0.6) is 5.75 Å². The Balaban J connectivity index is 1.93. The molecule has 1 heterocycles. The van der Waals surface area contributed by atoms with E-state index in [9.17, 15) is 14.7 Å². The Morgan fingerprint density at radius 1 is 1.00 bits per heavy atom. The average Bonchev–Trinajstić information content (AvgIpc) is 2.59. The van der Waals surface area contributed by atoms with Crippen molar-refractivity contribution in [3.05, 3.63) is 59.7 Å². The molecule has 154 valence electrons. The van der Waals surface area contributed by atoms with Gasteiger partial charge in [-0.05, 0) is 39.8 Å². The number of piperidine rings is 1. The van der Waals surface area contributed by atoms with Crippen LogP contribution in [0.4, 0.5) is 10.5 Å². The minimum atomic E-state index is -1.27. The first kappa shape index (κ1) is 20.7. The predicted molar refractivity (Wildman–Crippen MR) is 111 cm³/mol. The van der Waals surface area contributed by atoms with Crippen LogP contribution in [-0.2, 0) is 4.74 Å². The third kappa shape index (κ3) is 4.21. The molecule has 1 fully saturated rings. The van der Waals surface area contributed by atoms with E-state index in [-0.39, 0.29) is 17.1 Å². The van der Waals surface area contributed by atoms with Gasteiger partial charge in [0.05, 0.1) is 5.56 Å². The molecule has 2 aromatic carbocycles. The minimum absolute atomic E-state index is 0.0770. The summed E-state index contributed by atoms with van der Waals surface area (Å²) in [4.78, 5) is 25.9. The van der Waals surface area contributed by atoms with Gasteiger partial charge in [0.25, 0.3) is 0 Å². The summed E-state index contributed by atoms with van der Waals surface area (Å²) in [6, 6.07) is 13.9. The van der Waals surface area contributed by atoms with Gasteiger partial charge in [0.15, 0.2) is 5.78 Å². The number of nitrogens with zero attached hydrogens (tertiary/aromatic N) is 1. The lowest BCUT2D eigenvalue weighted by Gasteiger charge is -2.56. The molecule has 6 nitrogen and oxygen atoms in total. The molecular formula is C23H27NO5. The SMILES string of the molecule is CC1(C)CC(OC(=O)O)CC(C)(C)N1c1ccc(C(=O)c2ccccc2)c(O)c1. The van der Waals surface area contributed by atoms with Crippen LogP contribution in [0.25, 0.3) is 0 Å². The summed E-state index contributed by atoms with van der Waals surface area (Å²) < 4.78 is 5.07. The van der Waals surface area contributed by atoms with Gasteiger partial charge in [0, 0.05) is 41.2 Å². The molecule has 1 aliphatic heterocycles. The monoisotopic (exact) mass is 397 g/mol. The van der Waals surface area contributed by atoms with E-state index in [1.807, 2.05) is 39.8 Å². The molecule has 0 aromatic heterocycles. The number of ketones is 1. The summed E-state index contributed by atoms with van der Waals surface area (Å²) in [5.74, 6) is -0.311. The first-order valence-electron chi connectivity index (χ1n) is 9.64. The van der Waals surface area contributed by atoms with Crippen molar-refractivity contribution in [2.75, 3.05) is 4.90 Å². The van der Waals surface area contributed by atoms with E-state index >= 15 is 0 Å². The number of hydrogen-bond acceptors (Lipinski definition) is 5. The van der Waals surface area contributed by atoms with E-state index in [4.69, 9.17) is 9.84 Å². The smallest absolute Gasteiger partial charge is 0.506 e. The van der Waals surface area contributed by atoms with Gasteiger partial charge < -0.3 is 19.8 Å². The number of phenolic OH excluding ortho intramolecular Hbond substituents is 1. The quantitative estimate of drug-likeness (QED) is 0.567. The fraction of sp³-hybridized carbons (Fsp3) is 0.391. The summed E-state index contributed by atoms with van der Waals surface area (Å²) in [6.45, 7) is 8.08.